The van der Waals surface area contributed by atoms with Crippen LogP contribution in [0.2, 0.25) is 0 Å². The Morgan fingerprint density at radius 2 is 2.32 bits per heavy atom. The molecule has 0 bridgehead atoms. The van der Waals surface area contributed by atoms with E-state index in [9.17, 15) is 0 Å². The molecular weight excluding hydrogens is 298 g/mol. The van der Waals surface area contributed by atoms with Gasteiger partial charge in [0, 0.05) is 12.5 Å². The fourth-order valence-corrected chi connectivity index (χ4v) is 4.38. The van der Waals surface area contributed by atoms with Gasteiger partial charge in [-0.15, -0.1) is 11.3 Å². The van der Waals surface area contributed by atoms with Crippen molar-refractivity contribution in [1.82, 2.24) is 25.0 Å². The molecule has 0 radical (unpaired) electrons. The molecule has 7 nitrogen and oxygen atoms in total. The van der Waals surface area contributed by atoms with Crippen molar-refractivity contribution in [3.05, 3.63) is 10.4 Å². The monoisotopic (exact) mass is 318 g/mol. The second kappa shape index (κ2) is 5.13. The Balaban J connectivity index is 1.99. The van der Waals surface area contributed by atoms with Gasteiger partial charge >= 0.3 is 0 Å². The van der Waals surface area contributed by atoms with Crippen LogP contribution in [-0.2, 0) is 13.0 Å². The van der Waals surface area contributed by atoms with E-state index in [1.54, 1.807) is 20.8 Å². The lowest BCUT2D eigenvalue weighted by molar-refractivity contribution is -0.895. The zero-order valence-corrected chi connectivity index (χ0v) is 13.9. The number of anilines is 1. The van der Waals surface area contributed by atoms with Gasteiger partial charge in [0.25, 0.3) is 5.78 Å². The van der Waals surface area contributed by atoms with Crippen molar-refractivity contribution < 1.29 is 4.90 Å². The van der Waals surface area contributed by atoms with Crippen LogP contribution in [0.1, 0.15) is 30.7 Å². The molecule has 2 atom stereocenters. The van der Waals surface area contributed by atoms with Crippen molar-refractivity contribution in [2.45, 2.75) is 39.3 Å². The normalized spacial score (nSPS) is 19.5. The van der Waals surface area contributed by atoms with Crippen LogP contribution in [0.5, 0.6) is 0 Å². The molecule has 0 saturated carbocycles. The summed E-state index contributed by atoms with van der Waals surface area (Å²) in [6.07, 6.45) is 2.14. The summed E-state index contributed by atoms with van der Waals surface area (Å²) >= 11 is 1.81. The van der Waals surface area contributed by atoms with E-state index in [1.165, 1.54) is 15.8 Å². The zero-order valence-electron chi connectivity index (χ0n) is 13.1. The maximum Gasteiger partial charge on any atom is 0.276 e. The molecular formula is C14H20N7S+. The highest BCUT2D eigenvalue weighted by Crippen LogP contribution is 2.36. The summed E-state index contributed by atoms with van der Waals surface area (Å²) < 4.78 is 1.77. The molecule has 1 aliphatic heterocycles. The van der Waals surface area contributed by atoms with Gasteiger partial charge in [0.1, 0.15) is 17.2 Å². The summed E-state index contributed by atoms with van der Waals surface area (Å²) in [6.45, 7) is 6.58. The molecule has 0 amide bonds. The first kappa shape index (κ1) is 13.8. The van der Waals surface area contributed by atoms with E-state index >= 15 is 0 Å². The smallest absolute Gasteiger partial charge is 0.276 e. The topological polar surface area (TPSA) is 72.4 Å². The number of nitrogens with one attached hydrogen (secondary N) is 2. The van der Waals surface area contributed by atoms with E-state index in [1.807, 2.05) is 0 Å². The fraction of sp³-hybridized carbons (Fsp3) is 0.571. The van der Waals surface area contributed by atoms with Crippen molar-refractivity contribution in [3.8, 4) is 0 Å². The number of hydrogen-bond donors (Lipinski definition) is 2. The van der Waals surface area contributed by atoms with Gasteiger partial charge in [-0.25, -0.2) is 0 Å². The summed E-state index contributed by atoms with van der Waals surface area (Å²) in [4.78, 5) is 8.77. The Morgan fingerprint density at radius 3 is 3.14 bits per heavy atom. The number of quaternary nitrogens is 1. The summed E-state index contributed by atoms with van der Waals surface area (Å²) in [5.74, 6) is 1.50. The highest BCUT2D eigenvalue weighted by molar-refractivity contribution is 7.19. The van der Waals surface area contributed by atoms with Crippen LogP contribution < -0.4 is 10.2 Å². The highest BCUT2D eigenvalue weighted by atomic mass is 32.1. The molecule has 22 heavy (non-hydrogen) atoms. The lowest BCUT2D eigenvalue weighted by Crippen LogP contribution is -3.08. The van der Waals surface area contributed by atoms with Crippen molar-refractivity contribution in [2.24, 2.45) is 0 Å². The van der Waals surface area contributed by atoms with Crippen LogP contribution >= 0.6 is 11.3 Å². The molecule has 4 heterocycles. The zero-order chi connectivity index (χ0) is 15.3. The van der Waals surface area contributed by atoms with Crippen LogP contribution in [0, 0.1) is 0 Å². The number of likely N-dealkylation sites (N-methyl/N-ethyl adjacent to an activating group) is 1. The number of rotatable bonds is 3. The predicted molar refractivity (Wildman–Crippen MR) is 86.5 cm³/mol. The van der Waals surface area contributed by atoms with Gasteiger partial charge in [-0.3, -0.25) is 0 Å². The minimum Gasteiger partial charge on any atom is -0.367 e. The quantitative estimate of drug-likeness (QED) is 0.736. The molecule has 4 rings (SSSR count). The largest absolute Gasteiger partial charge is 0.367 e. The maximum absolute atomic E-state index is 4.67. The average Bonchev–Trinajstić information content (AvgIpc) is 3.10. The third-order valence-corrected chi connectivity index (χ3v) is 5.63. The van der Waals surface area contributed by atoms with Gasteiger partial charge < -0.3 is 10.2 Å². The standard InChI is InChI=1S/C14H19N7S/c1-4-8(2)15-12-11-9-5-6-20(3)7-10(9)22-13(11)21-14(16-12)17-18-19-21/h8H,4-7H2,1-3H3,(H,15,16,17,19)/p+1/t8-/m1/s1. The number of nitrogens with zero attached hydrogens (tertiary/aromatic N) is 5. The predicted octanol–water partition coefficient (Wildman–Crippen LogP) is 0.515. The minimum absolute atomic E-state index is 0.376. The number of tetrazole rings is 1. The first-order valence-electron chi connectivity index (χ1n) is 7.77. The molecule has 0 aliphatic carbocycles. The molecule has 3 aromatic heterocycles. The average molecular weight is 318 g/mol. The molecule has 0 saturated heterocycles. The Hall–Kier alpha value is -1.80. The summed E-state index contributed by atoms with van der Waals surface area (Å²) in [6, 6.07) is 0.376. The van der Waals surface area contributed by atoms with Gasteiger partial charge in [-0.2, -0.15) is 9.50 Å². The van der Waals surface area contributed by atoms with Crippen LogP contribution in [0.25, 0.3) is 16.0 Å². The first-order chi connectivity index (χ1) is 10.7. The van der Waals surface area contributed by atoms with Gasteiger partial charge in [-0.05, 0) is 29.3 Å². The number of thiophene rings is 1. The Kier molecular flexibility index (Phi) is 3.23. The molecule has 8 heteroatoms. The van der Waals surface area contributed by atoms with Crippen molar-refractivity contribution in [2.75, 3.05) is 18.9 Å². The van der Waals surface area contributed by atoms with E-state index in [0.29, 0.717) is 11.8 Å². The van der Waals surface area contributed by atoms with E-state index in [4.69, 9.17) is 0 Å². The van der Waals surface area contributed by atoms with Gasteiger partial charge in [0.2, 0.25) is 0 Å². The third kappa shape index (κ3) is 2.05. The lowest BCUT2D eigenvalue weighted by Gasteiger charge is -2.20. The Bertz CT molecular complexity index is 837. The van der Waals surface area contributed by atoms with Crippen molar-refractivity contribution >= 4 is 33.1 Å². The Morgan fingerprint density at radius 1 is 1.45 bits per heavy atom. The number of hydrogen-bond acceptors (Lipinski definition) is 6. The molecule has 2 N–H and O–H groups in total. The van der Waals surface area contributed by atoms with Crippen molar-refractivity contribution in [1.29, 1.82) is 0 Å². The van der Waals surface area contributed by atoms with E-state index in [2.05, 4.69) is 46.7 Å². The van der Waals surface area contributed by atoms with Crippen LogP contribution in [0.15, 0.2) is 0 Å². The number of aromatic nitrogens is 5. The first-order valence-corrected chi connectivity index (χ1v) is 8.59. The van der Waals surface area contributed by atoms with E-state index < -0.39 is 0 Å². The van der Waals surface area contributed by atoms with E-state index in [0.717, 1.165) is 36.6 Å². The van der Waals surface area contributed by atoms with E-state index in [-0.39, 0.29) is 0 Å². The Labute approximate surface area is 132 Å². The van der Waals surface area contributed by atoms with Crippen LogP contribution in [0.3, 0.4) is 0 Å². The number of fused-ring (bicyclic) bond motifs is 5. The van der Waals surface area contributed by atoms with Gasteiger partial charge in [0.15, 0.2) is 0 Å². The lowest BCUT2D eigenvalue weighted by atomic mass is 10.1. The third-order valence-electron chi connectivity index (χ3n) is 4.43. The summed E-state index contributed by atoms with van der Waals surface area (Å²) in [5.41, 5.74) is 1.43. The minimum atomic E-state index is 0.376. The van der Waals surface area contributed by atoms with Crippen LogP contribution in [-0.4, -0.2) is 44.7 Å². The highest BCUT2D eigenvalue weighted by Gasteiger charge is 2.26. The van der Waals surface area contributed by atoms with Gasteiger partial charge in [-0.1, -0.05) is 12.0 Å². The second-order valence-corrected chi connectivity index (χ2v) is 7.21. The van der Waals surface area contributed by atoms with Crippen molar-refractivity contribution in [3.63, 3.8) is 0 Å². The molecule has 3 aromatic rings. The van der Waals surface area contributed by atoms with Gasteiger partial charge in [0.05, 0.1) is 23.9 Å². The summed E-state index contributed by atoms with van der Waals surface area (Å²) in [5, 5.41) is 16.7. The maximum atomic E-state index is 4.67. The fourth-order valence-electron chi connectivity index (χ4n) is 2.98. The SMILES string of the molecule is CC[C@@H](C)Nc1nc2nnnn2c2sc3c(c12)CC[NH+](C)C3. The molecule has 116 valence electrons. The molecule has 0 spiro atoms. The molecule has 0 fully saturated rings. The second-order valence-electron chi connectivity index (χ2n) is 6.12. The molecule has 1 aliphatic rings. The molecule has 0 aromatic carbocycles. The molecule has 1 unspecified atom stereocenters. The summed E-state index contributed by atoms with van der Waals surface area (Å²) in [7, 11) is 2.25. The van der Waals surface area contributed by atoms with Crippen LogP contribution in [0.4, 0.5) is 5.82 Å².